The molecule has 8 rings (SSSR count). The van der Waals surface area contributed by atoms with E-state index in [2.05, 4.69) is 110 Å². The summed E-state index contributed by atoms with van der Waals surface area (Å²) in [5, 5.41) is 22.2. The average molecular weight is 687 g/mol. The van der Waals surface area contributed by atoms with E-state index in [9.17, 15) is 8.42 Å². The molecule has 0 aliphatic heterocycles. The van der Waals surface area contributed by atoms with E-state index < -0.39 is 9.84 Å². The number of rotatable bonds is 10. The first kappa shape index (κ1) is 32.0. The molecule has 0 aliphatic rings. The van der Waals surface area contributed by atoms with E-state index >= 15 is 0 Å². The number of sulfone groups is 1. The van der Waals surface area contributed by atoms with Crippen LogP contribution in [0.3, 0.4) is 0 Å². The normalized spacial score (nSPS) is 12.3. The summed E-state index contributed by atoms with van der Waals surface area (Å²) in [6, 6.07) is 42.2. The molecule has 8 nitrogen and oxygen atoms in total. The third kappa shape index (κ3) is 5.91. The van der Waals surface area contributed by atoms with Crippen molar-refractivity contribution in [3.8, 4) is 0 Å². The highest BCUT2D eigenvalue weighted by Gasteiger charge is 2.18. The molecule has 0 radical (unpaired) electrons. The zero-order valence-electron chi connectivity index (χ0n) is 28.0. The first-order valence-corrected chi connectivity index (χ1v) is 18.3. The van der Waals surface area contributed by atoms with Crippen LogP contribution in [0.25, 0.3) is 49.8 Å². The van der Waals surface area contributed by atoms with Crippen LogP contribution < -0.4 is 0 Å². The molecule has 0 amide bonds. The van der Waals surface area contributed by atoms with Gasteiger partial charge in [-0.1, -0.05) is 55.1 Å². The molecule has 250 valence electrons. The van der Waals surface area contributed by atoms with Gasteiger partial charge in [0.15, 0.2) is 0 Å². The van der Waals surface area contributed by atoms with E-state index in [0.29, 0.717) is 24.5 Å². The van der Waals surface area contributed by atoms with Gasteiger partial charge in [0.05, 0.1) is 45.3 Å². The highest BCUT2D eigenvalue weighted by Crippen LogP contribution is 2.32. The van der Waals surface area contributed by atoms with Gasteiger partial charge < -0.3 is 9.13 Å². The van der Waals surface area contributed by atoms with Crippen molar-refractivity contribution in [1.29, 1.82) is 0 Å². The average Bonchev–Trinajstić information content (AvgIpc) is 3.66. The Hall–Kier alpha value is -6.19. The zero-order valence-corrected chi connectivity index (χ0v) is 28.8. The zero-order chi connectivity index (χ0) is 35.0. The van der Waals surface area contributed by atoms with Crippen LogP contribution in [0.4, 0.5) is 11.4 Å². The van der Waals surface area contributed by atoms with Crippen LogP contribution in [0.15, 0.2) is 170 Å². The maximum Gasteiger partial charge on any atom is 0.206 e. The fraction of sp³-hybridized carbons (Fsp3) is 0.0952. The van der Waals surface area contributed by atoms with Crippen molar-refractivity contribution in [1.82, 2.24) is 9.13 Å². The second-order valence-corrected chi connectivity index (χ2v) is 14.3. The molecule has 0 saturated carbocycles. The molecule has 9 heteroatoms. The summed E-state index contributed by atoms with van der Waals surface area (Å²) < 4.78 is 31.2. The molecule has 8 aromatic rings. The lowest BCUT2D eigenvalue weighted by Gasteiger charge is -2.05. The number of aryl methyl sites for hydroxylation is 1. The first-order valence-electron chi connectivity index (χ1n) is 16.8. The van der Waals surface area contributed by atoms with Crippen LogP contribution in [0.2, 0.25) is 0 Å². The summed E-state index contributed by atoms with van der Waals surface area (Å²) in [7, 11) is -3.73. The van der Waals surface area contributed by atoms with Crippen molar-refractivity contribution in [2.45, 2.75) is 36.3 Å². The standard InChI is InChI=1S/C42H34N6O2S/c1-3-47-39-11-7-5-9-35(39)37-25-29(13-23-41(37)47)27-43-45-31-15-19-33(20-16-31)51(49,50)34-21-17-32(18-22-34)46-44-28-30-14-24-42-38(26-30)36-10-6-8-12-40(36)48(42)4-2/h3,5-26H,1,4,27-28H2,2H3. The Bertz CT molecular complexity index is 2760. The van der Waals surface area contributed by atoms with Gasteiger partial charge in [-0.05, 0) is 103 Å². The van der Waals surface area contributed by atoms with Gasteiger partial charge in [-0.25, -0.2) is 8.42 Å². The van der Waals surface area contributed by atoms with E-state index in [1.807, 2.05) is 24.4 Å². The number of hydrogen-bond donors (Lipinski definition) is 0. The van der Waals surface area contributed by atoms with E-state index in [0.717, 1.165) is 39.5 Å². The monoisotopic (exact) mass is 686 g/mol. The molecule has 2 heterocycles. The summed E-state index contributed by atoms with van der Waals surface area (Å²) in [5.74, 6) is 0. The van der Waals surface area contributed by atoms with Crippen LogP contribution in [0.1, 0.15) is 18.1 Å². The molecule has 0 N–H and O–H groups in total. The topological polar surface area (TPSA) is 93.4 Å². The molecule has 6 aromatic carbocycles. The number of azo groups is 2. The van der Waals surface area contributed by atoms with Gasteiger partial charge in [0, 0.05) is 45.3 Å². The van der Waals surface area contributed by atoms with Crippen molar-refractivity contribution in [3.63, 3.8) is 0 Å². The highest BCUT2D eigenvalue weighted by molar-refractivity contribution is 7.91. The number of aromatic nitrogens is 2. The first-order chi connectivity index (χ1) is 24.9. The lowest BCUT2D eigenvalue weighted by molar-refractivity contribution is 0.596. The summed E-state index contributed by atoms with van der Waals surface area (Å²) in [6.07, 6.45) is 1.83. The summed E-state index contributed by atoms with van der Waals surface area (Å²) in [5.41, 5.74) is 7.86. The smallest absolute Gasteiger partial charge is 0.206 e. The van der Waals surface area contributed by atoms with Crippen molar-refractivity contribution < 1.29 is 8.42 Å². The Morgan fingerprint density at radius 1 is 0.569 bits per heavy atom. The second-order valence-electron chi connectivity index (χ2n) is 12.3. The summed E-state index contributed by atoms with van der Waals surface area (Å²) in [6.45, 7) is 7.84. The minimum atomic E-state index is -3.73. The van der Waals surface area contributed by atoms with Crippen molar-refractivity contribution >= 4 is 71.0 Å². The van der Waals surface area contributed by atoms with Gasteiger partial charge in [-0.3, -0.25) is 0 Å². The van der Waals surface area contributed by atoms with E-state index in [1.54, 1.807) is 48.5 Å². The second kappa shape index (κ2) is 13.3. The summed E-state index contributed by atoms with van der Waals surface area (Å²) in [4.78, 5) is 0.363. The van der Waals surface area contributed by atoms with Crippen molar-refractivity contribution in [2.24, 2.45) is 20.5 Å². The maximum absolute atomic E-state index is 13.4. The molecule has 0 atom stereocenters. The Morgan fingerprint density at radius 3 is 1.57 bits per heavy atom. The predicted octanol–water partition coefficient (Wildman–Crippen LogP) is 11.4. The Labute approximate surface area is 295 Å². The van der Waals surface area contributed by atoms with E-state index in [1.165, 1.54) is 21.8 Å². The van der Waals surface area contributed by atoms with Gasteiger partial charge in [0.1, 0.15) is 0 Å². The third-order valence-electron chi connectivity index (χ3n) is 9.28. The third-order valence-corrected chi connectivity index (χ3v) is 11.1. The van der Waals surface area contributed by atoms with E-state index in [-0.39, 0.29) is 9.79 Å². The molecule has 51 heavy (non-hydrogen) atoms. The molecule has 0 spiro atoms. The highest BCUT2D eigenvalue weighted by atomic mass is 32.2. The van der Waals surface area contributed by atoms with E-state index in [4.69, 9.17) is 0 Å². The Kier molecular flexibility index (Phi) is 8.33. The molecule has 0 fully saturated rings. The molecule has 0 unspecified atom stereocenters. The van der Waals surface area contributed by atoms with Crippen LogP contribution in [-0.4, -0.2) is 17.6 Å². The molecule has 2 aromatic heterocycles. The quantitative estimate of drug-likeness (QED) is 0.134. The van der Waals surface area contributed by atoms with Crippen LogP contribution >= 0.6 is 0 Å². The molecular weight excluding hydrogens is 653 g/mol. The van der Waals surface area contributed by atoms with Crippen LogP contribution in [0, 0.1) is 0 Å². The van der Waals surface area contributed by atoms with Crippen molar-refractivity contribution in [3.05, 3.63) is 151 Å². The minimum absolute atomic E-state index is 0.180. The van der Waals surface area contributed by atoms with Gasteiger partial charge >= 0.3 is 0 Å². The van der Waals surface area contributed by atoms with Crippen LogP contribution in [-0.2, 0) is 29.5 Å². The molecule has 0 saturated heterocycles. The van der Waals surface area contributed by atoms with Crippen molar-refractivity contribution in [2.75, 3.05) is 0 Å². The number of hydrogen-bond acceptors (Lipinski definition) is 6. The largest absolute Gasteiger partial charge is 0.341 e. The number of nitrogens with zero attached hydrogens (tertiary/aromatic N) is 6. The van der Waals surface area contributed by atoms with Gasteiger partial charge in [-0.15, -0.1) is 0 Å². The lowest BCUT2D eigenvalue weighted by atomic mass is 10.1. The fourth-order valence-corrected chi connectivity index (χ4v) is 8.06. The number of fused-ring (bicyclic) bond motifs is 6. The minimum Gasteiger partial charge on any atom is -0.341 e. The maximum atomic E-state index is 13.4. The van der Waals surface area contributed by atoms with Crippen LogP contribution in [0.5, 0.6) is 0 Å². The Balaban J connectivity index is 0.919. The predicted molar refractivity (Wildman–Crippen MR) is 206 cm³/mol. The number of benzene rings is 6. The van der Waals surface area contributed by atoms with Gasteiger partial charge in [-0.2, -0.15) is 20.5 Å². The summed E-state index contributed by atoms with van der Waals surface area (Å²) >= 11 is 0. The molecular formula is C42H34N6O2S. The SMILES string of the molecule is C=Cn1c2ccccc2c2cc(CN=Nc3ccc(S(=O)(=O)c4ccc(N=NCc5ccc6c(c5)c5ccccc5n6CC)cc4)cc3)ccc21. The molecule has 0 aliphatic carbocycles. The lowest BCUT2D eigenvalue weighted by Crippen LogP contribution is -2.01. The fourth-order valence-electron chi connectivity index (χ4n) is 6.80. The molecule has 0 bridgehead atoms. The number of para-hydroxylation sites is 2. The van der Waals surface area contributed by atoms with Gasteiger partial charge in [0.2, 0.25) is 9.84 Å². The van der Waals surface area contributed by atoms with Gasteiger partial charge in [0.25, 0.3) is 0 Å². The Morgan fingerprint density at radius 2 is 1.02 bits per heavy atom.